The van der Waals surface area contributed by atoms with Gasteiger partial charge in [-0.15, -0.1) is 0 Å². The van der Waals surface area contributed by atoms with Crippen molar-refractivity contribution in [3.63, 3.8) is 0 Å². The van der Waals surface area contributed by atoms with E-state index in [1.54, 1.807) is 4.72 Å². The molecule has 3 aromatic rings. The number of aliphatic hydroxyl groups excluding tert-OH is 2. The van der Waals surface area contributed by atoms with E-state index in [4.69, 9.17) is 8.92 Å². The predicted molar refractivity (Wildman–Crippen MR) is 128 cm³/mol. The molecule has 3 heterocycles. The third-order valence-corrected chi connectivity index (χ3v) is 7.30. The topological polar surface area (TPSA) is 198 Å². The molecule has 1 saturated carbocycles. The van der Waals surface area contributed by atoms with Gasteiger partial charge in [-0.05, 0) is 25.0 Å². The average molecular weight is 535 g/mol. The van der Waals surface area contributed by atoms with Crippen molar-refractivity contribution in [3.05, 3.63) is 42.5 Å². The largest absolute Gasteiger partial charge is 0.507 e. The Morgan fingerprint density at radius 2 is 1.89 bits per heavy atom. The van der Waals surface area contributed by atoms with Crippen LogP contribution in [0.1, 0.15) is 42.3 Å². The molecular weight excluding hydrogens is 508 g/mol. The zero-order valence-corrected chi connectivity index (χ0v) is 20.3. The molecule has 4 atom stereocenters. The molecule has 1 saturated heterocycles. The summed E-state index contributed by atoms with van der Waals surface area (Å²) in [5, 5.41) is 34.2. The lowest BCUT2D eigenvalue weighted by Crippen LogP contribution is -2.37. The minimum atomic E-state index is -4.63. The van der Waals surface area contributed by atoms with E-state index >= 15 is 0 Å². The first-order valence-corrected chi connectivity index (χ1v) is 13.1. The van der Waals surface area contributed by atoms with Crippen molar-refractivity contribution in [3.8, 4) is 5.75 Å². The maximum Gasteiger partial charge on any atom is 0.362 e. The van der Waals surface area contributed by atoms with Crippen molar-refractivity contribution in [1.82, 2.24) is 24.2 Å². The van der Waals surface area contributed by atoms with Gasteiger partial charge < -0.3 is 25.4 Å². The maximum atomic E-state index is 12.3. The molecule has 0 unspecified atom stereocenters. The first-order chi connectivity index (χ1) is 17.7. The van der Waals surface area contributed by atoms with Gasteiger partial charge >= 0.3 is 10.3 Å². The van der Waals surface area contributed by atoms with E-state index in [0.29, 0.717) is 17.0 Å². The van der Waals surface area contributed by atoms with E-state index in [0.717, 1.165) is 25.7 Å². The number of rotatable bonds is 8. The van der Waals surface area contributed by atoms with E-state index in [1.807, 2.05) is 0 Å². The number of hydrogen-bond donors (Lipinski definition) is 5. The molecule has 198 valence electrons. The van der Waals surface area contributed by atoms with Crippen LogP contribution in [0.4, 0.5) is 5.82 Å². The highest BCUT2D eigenvalue weighted by Crippen LogP contribution is 2.33. The number of aliphatic hydroxyl groups is 2. The van der Waals surface area contributed by atoms with Crippen LogP contribution in [0.5, 0.6) is 5.75 Å². The molecule has 1 aliphatic heterocycles. The molecular formula is C22H26N6O8S. The van der Waals surface area contributed by atoms with Crippen molar-refractivity contribution < 1.29 is 37.5 Å². The van der Waals surface area contributed by atoms with Gasteiger partial charge in [-0.2, -0.15) is 8.42 Å². The highest BCUT2D eigenvalue weighted by atomic mass is 32.2. The minimum absolute atomic E-state index is 0.266. The molecule has 14 nitrogen and oxygen atoms in total. The van der Waals surface area contributed by atoms with Crippen LogP contribution in [0, 0.1) is 0 Å². The normalized spacial score (nSPS) is 24.5. The third kappa shape index (κ3) is 5.21. The van der Waals surface area contributed by atoms with Crippen LogP contribution in [0.2, 0.25) is 0 Å². The monoisotopic (exact) mass is 534 g/mol. The molecule has 15 heteroatoms. The number of aromatic hydroxyl groups is 1. The number of imidazole rings is 1. The highest BCUT2D eigenvalue weighted by Gasteiger charge is 2.45. The van der Waals surface area contributed by atoms with Gasteiger partial charge in [0, 0.05) is 6.04 Å². The standard InChI is InChI=1S/C22H26N6O8S/c29-14-8-4-3-7-13(14)21(32)27-37(33,34)35-9-15-17(30)18(31)22(36-15)28-11-25-16-19(23-10-24-20(16)28)26-12-5-1-2-6-12/h3-4,7-8,10-12,15,17-18,22,29-31H,1-2,5-6,9H2,(H,27,32)(H,23,24,26)/t15-,17-,18-,22-/m1/s1. The summed E-state index contributed by atoms with van der Waals surface area (Å²) in [6.07, 6.45) is 1.72. The highest BCUT2D eigenvalue weighted by molar-refractivity contribution is 7.85. The van der Waals surface area contributed by atoms with E-state index in [-0.39, 0.29) is 11.6 Å². The molecule has 0 spiro atoms. The van der Waals surface area contributed by atoms with Gasteiger partial charge in [-0.3, -0.25) is 13.5 Å². The lowest BCUT2D eigenvalue weighted by atomic mass is 10.1. The minimum Gasteiger partial charge on any atom is -0.507 e. The van der Waals surface area contributed by atoms with Crippen molar-refractivity contribution in [2.24, 2.45) is 0 Å². The number of ether oxygens (including phenoxy) is 1. The Bertz CT molecular complexity index is 1390. The van der Waals surface area contributed by atoms with Crippen LogP contribution in [-0.4, -0.2) is 80.1 Å². The lowest BCUT2D eigenvalue weighted by molar-refractivity contribution is -0.0468. The summed E-state index contributed by atoms with van der Waals surface area (Å²) in [4.78, 5) is 25.1. The average Bonchev–Trinajstić information content (AvgIpc) is 3.59. The number of nitrogens with zero attached hydrogens (tertiary/aromatic N) is 4. The van der Waals surface area contributed by atoms with Gasteiger partial charge in [-0.25, -0.2) is 19.7 Å². The first kappa shape index (κ1) is 25.3. The molecule has 2 aromatic heterocycles. The van der Waals surface area contributed by atoms with Gasteiger partial charge in [0.25, 0.3) is 5.91 Å². The number of carbonyl (C=O) groups excluding carboxylic acids is 1. The molecule has 37 heavy (non-hydrogen) atoms. The number of fused-ring (bicyclic) bond motifs is 1. The molecule has 1 aliphatic carbocycles. The second-order valence-corrected chi connectivity index (χ2v) is 10.3. The summed E-state index contributed by atoms with van der Waals surface area (Å²) in [6.45, 7) is -0.700. The van der Waals surface area contributed by atoms with Crippen LogP contribution in [0.25, 0.3) is 11.2 Å². The fraction of sp³-hybridized carbons (Fsp3) is 0.455. The number of amides is 1. The summed E-state index contributed by atoms with van der Waals surface area (Å²) in [6, 6.07) is 5.67. The van der Waals surface area contributed by atoms with Gasteiger partial charge in [0.15, 0.2) is 23.2 Å². The van der Waals surface area contributed by atoms with Crippen molar-refractivity contribution in [2.75, 3.05) is 11.9 Å². The molecule has 2 fully saturated rings. The number of para-hydroxylation sites is 1. The van der Waals surface area contributed by atoms with Crippen LogP contribution in [0.3, 0.4) is 0 Å². The third-order valence-electron chi connectivity index (χ3n) is 6.42. The Morgan fingerprint density at radius 1 is 1.14 bits per heavy atom. The summed E-state index contributed by atoms with van der Waals surface area (Å²) in [5.74, 6) is -0.959. The molecule has 1 aromatic carbocycles. The van der Waals surface area contributed by atoms with Crippen LogP contribution < -0.4 is 10.0 Å². The number of carbonyl (C=O) groups is 1. The van der Waals surface area contributed by atoms with Crippen molar-refractivity contribution >= 4 is 33.2 Å². The Morgan fingerprint density at radius 3 is 2.65 bits per heavy atom. The van der Waals surface area contributed by atoms with Crippen LogP contribution >= 0.6 is 0 Å². The molecule has 5 N–H and O–H groups in total. The zero-order chi connectivity index (χ0) is 26.2. The van der Waals surface area contributed by atoms with E-state index in [1.165, 1.54) is 41.5 Å². The molecule has 0 bridgehead atoms. The second kappa shape index (κ2) is 10.2. The molecule has 5 rings (SSSR count). The van der Waals surface area contributed by atoms with Gasteiger partial charge in [0.2, 0.25) is 0 Å². The van der Waals surface area contributed by atoms with Gasteiger partial charge in [-0.1, -0.05) is 25.0 Å². The number of phenolic OH excluding ortho intramolecular Hbond substituents is 1. The van der Waals surface area contributed by atoms with E-state index in [9.17, 15) is 28.5 Å². The predicted octanol–water partition coefficient (Wildman–Crippen LogP) is 0.197. The smallest absolute Gasteiger partial charge is 0.362 e. The number of aromatic nitrogens is 4. The van der Waals surface area contributed by atoms with Crippen LogP contribution in [0.15, 0.2) is 36.9 Å². The SMILES string of the molecule is O=C(NS(=O)(=O)OC[C@H]1O[C@@H](n2cnc3c(NC4CCCC4)ncnc32)[C@H](O)[C@@H]1O)c1ccccc1O. The Kier molecular flexibility index (Phi) is 6.96. The number of benzene rings is 1. The van der Waals surface area contributed by atoms with Gasteiger partial charge in [0.05, 0.1) is 18.5 Å². The summed E-state index contributed by atoms with van der Waals surface area (Å²) in [5.41, 5.74) is 0.558. The van der Waals surface area contributed by atoms with Crippen LogP contribution in [-0.2, 0) is 19.2 Å². The number of phenols is 1. The van der Waals surface area contributed by atoms with Crippen molar-refractivity contribution in [2.45, 2.75) is 56.3 Å². The maximum absolute atomic E-state index is 12.3. The van der Waals surface area contributed by atoms with Gasteiger partial charge in [0.1, 0.15) is 30.4 Å². The lowest BCUT2D eigenvalue weighted by Gasteiger charge is -2.17. The van der Waals surface area contributed by atoms with E-state index < -0.39 is 53.1 Å². The fourth-order valence-electron chi connectivity index (χ4n) is 4.52. The summed E-state index contributed by atoms with van der Waals surface area (Å²) >= 11 is 0. The fourth-order valence-corrected chi connectivity index (χ4v) is 5.23. The van der Waals surface area contributed by atoms with Crippen molar-refractivity contribution in [1.29, 1.82) is 0 Å². The number of hydrogen-bond acceptors (Lipinski definition) is 12. The Balaban J connectivity index is 1.26. The van der Waals surface area contributed by atoms with E-state index in [2.05, 4.69) is 20.3 Å². The molecule has 2 aliphatic rings. The quantitative estimate of drug-likeness (QED) is 0.263. The Hall–Kier alpha value is -3.37. The number of anilines is 1. The first-order valence-electron chi connectivity index (χ1n) is 11.7. The Labute approximate surface area is 211 Å². The molecule has 0 radical (unpaired) electrons. The molecule has 1 amide bonds. The summed E-state index contributed by atoms with van der Waals surface area (Å²) in [7, 11) is -4.63. The number of nitrogens with one attached hydrogen (secondary N) is 2. The second-order valence-electron chi connectivity index (χ2n) is 8.91. The summed E-state index contributed by atoms with van der Waals surface area (Å²) < 4.78 is 38.2. The zero-order valence-electron chi connectivity index (χ0n) is 19.5.